The molecule has 1 aliphatic carbocycles. The molecule has 1 aromatic heterocycles. The highest BCUT2D eigenvalue weighted by Crippen LogP contribution is 2.27. The number of hydrogen-bond donors (Lipinski definition) is 0. The lowest BCUT2D eigenvalue weighted by Crippen LogP contribution is -2.38. The van der Waals surface area contributed by atoms with Crippen molar-refractivity contribution in [1.29, 1.82) is 0 Å². The van der Waals surface area contributed by atoms with Crippen LogP contribution < -0.4 is 0 Å². The Morgan fingerprint density at radius 2 is 2.00 bits per heavy atom. The Labute approximate surface area is 132 Å². The van der Waals surface area contributed by atoms with Crippen molar-refractivity contribution in [3.05, 3.63) is 16.4 Å². The molecule has 114 valence electrons. The molecule has 0 radical (unpaired) electrons. The molecule has 0 unspecified atom stereocenters. The third-order valence-corrected chi connectivity index (χ3v) is 4.93. The molecule has 0 amide bonds. The second kappa shape index (κ2) is 7.67. The molecule has 0 spiro atoms. The monoisotopic (exact) mass is 317 g/mol. The van der Waals surface area contributed by atoms with E-state index >= 15 is 0 Å². The summed E-state index contributed by atoms with van der Waals surface area (Å²) in [5.41, 5.74) is 2.07. The molecule has 3 nitrogen and oxygen atoms in total. The van der Waals surface area contributed by atoms with Gasteiger partial charge in [0.05, 0.1) is 16.4 Å². The van der Waals surface area contributed by atoms with Gasteiger partial charge < -0.3 is 0 Å². The molecule has 1 saturated carbocycles. The minimum absolute atomic E-state index is 0.652. The molecular weight excluding hydrogens is 293 g/mol. The van der Waals surface area contributed by atoms with Gasteiger partial charge in [0, 0.05) is 31.6 Å². The minimum Gasteiger partial charge on any atom is -0.293 e. The lowest BCUT2D eigenvalue weighted by molar-refractivity contribution is 0.153. The third kappa shape index (κ3) is 3.69. The van der Waals surface area contributed by atoms with Gasteiger partial charge in [-0.2, -0.15) is 5.10 Å². The van der Waals surface area contributed by atoms with E-state index in [9.17, 15) is 0 Å². The van der Waals surface area contributed by atoms with Crippen LogP contribution in [0.1, 0.15) is 50.4 Å². The standard InChI is InChI=1S/C15H25Cl2N3/c1-3-20-14(15(17)12(2)18-20)11-19(10-9-16)13-7-5-4-6-8-13/h13H,3-11H2,1-2H3. The first kappa shape index (κ1) is 16.1. The van der Waals surface area contributed by atoms with Crippen LogP contribution in [0.5, 0.6) is 0 Å². The normalized spacial score (nSPS) is 17.1. The van der Waals surface area contributed by atoms with Crippen LogP contribution in [-0.4, -0.2) is 33.1 Å². The van der Waals surface area contributed by atoms with E-state index in [1.54, 1.807) is 0 Å². The van der Waals surface area contributed by atoms with Gasteiger partial charge in [0.1, 0.15) is 0 Å². The summed E-state index contributed by atoms with van der Waals surface area (Å²) in [7, 11) is 0. The van der Waals surface area contributed by atoms with Gasteiger partial charge in [-0.3, -0.25) is 9.58 Å². The first-order chi connectivity index (χ1) is 9.67. The SMILES string of the molecule is CCn1nc(C)c(Cl)c1CN(CCCl)C1CCCCC1. The Hall–Kier alpha value is -0.250. The fourth-order valence-corrected chi connectivity index (χ4v) is 3.57. The largest absolute Gasteiger partial charge is 0.293 e. The van der Waals surface area contributed by atoms with E-state index in [-0.39, 0.29) is 0 Å². The van der Waals surface area contributed by atoms with Crippen LogP contribution in [0, 0.1) is 6.92 Å². The molecular formula is C15H25Cl2N3. The number of rotatable bonds is 6. The molecule has 2 rings (SSSR count). The maximum Gasteiger partial charge on any atom is 0.0860 e. The zero-order valence-electron chi connectivity index (χ0n) is 12.5. The summed E-state index contributed by atoms with van der Waals surface area (Å²) in [6, 6.07) is 0.652. The van der Waals surface area contributed by atoms with Crippen molar-refractivity contribution in [3.8, 4) is 0 Å². The van der Waals surface area contributed by atoms with Crippen molar-refractivity contribution in [1.82, 2.24) is 14.7 Å². The number of nitrogens with zero attached hydrogens (tertiary/aromatic N) is 3. The van der Waals surface area contributed by atoms with Crippen molar-refractivity contribution >= 4 is 23.2 Å². The van der Waals surface area contributed by atoms with Gasteiger partial charge in [0.15, 0.2) is 0 Å². The quantitative estimate of drug-likeness (QED) is 0.732. The topological polar surface area (TPSA) is 21.1 Å². The van der Waals surface area contributed by atoms with E-state index in [0.29, 0.717) is 11.9 Å². The highest BCUT2D eigenvalue weighted by atomic mass is 35.5. The van der Waals surface area contributed by atoms with E-state index in [1.807, 2.05) is 11.6 Å². The highest BCUT2D eigenvalue weighted by Gasteiger charge is 2.23. The second-order valence-electron chi connectivity index (χ2n) is 5.61. The number of hydrogen-bond acceptors (Lipinski definition) is 2. The van der Waals surface area contributed by atoms with Crippen molar-refractivity contribution in [2.75, 3.05) is 12.4 Å². The van der Waals surface area contributed by atoms with Crippen molar-refractivity contribution in [2.45, 2.75) is 65.1 Å². The summed E-state index contributed by atoms with van der Waals surface area (Å²) in [5.74, 6) is 0.674. The van der Waals surface area contributed by atoms with Crippen molar-refractivity contribution in [2.24, 2.45) is 0 Å². The molecule has 0 aromatic carbocycles. The molecule has 1 heterocycles. The molecule has 1 fully saturated rings. The van der Waals surface area contributed by atoms with Gasteiger partial charge in [0.25, 0.3) is 0 Å². The Bertz CT molecular complexity index is 425. The summed E-state index contributed by atoms with van der Waals surface area (Å²) < 4.78 is 2.03. The van der Waals surface area contributed by atoms with Crippen molar-refractivity contribution in [3.63, 3.8) is 0 Å². The molecule has 20 heavy (non-hydrogen) atoms. The Kier molecular flexibility index (Phi) is 6.19. The van der Waals surface area contributed by atoms with E-state index < -0.39 is 0 Å². The fraction of sp³-hybridized carbons (Fsp3) is 0.800. The van der Waals surface area contributed by atoms with Gasteiger partial charge in [-0.25, -0.2) is 0 Å². The lowest BCUT2D eigenvalue weighted by atomic mass is 9.94. The Morgan fingerprint density at radius 3 is 2.60 bits per heavy atom. The van der Waals surface area contributed by atoms with Crippen LogP contribution in [0.2, 0.25) is 5.02 Å². The molecule has 0 atom stereocenters. The summed E-state index contributed by atoms with van der Waals surface area (Å²) in [6.45, 7) is 6.74. The third-order valence-electron chi connectivity index (χ3n) is 4.27. The van der Waals surface area contributed by atoms with Crippen LogP contribution in [0.3, 0.4) is 0 Å². The molecule has 0 N–H and O–H groups in total. The number of aromatic nitrogens is 2. The average Bonchev–Trinajstić information content (AvgIpc) is 2.75. The van der Waals surface area contributed by atoms with Crippen molar-refractivity contribution < 1.29 is 0 Å². The van der Waals surface area contributed by atoms with Gasteiger partial charge in [0.2, 0.25) is 0 Å². The van der Waals surface area contributed by atoms with Gasteiger partial charge in [-0.15, -0.1) is 11.6 Å². The lowest BCUT2D eigenvalue weighted by Gasteiger charge is -2.34. The number of halogens is 2. The maximum absolute atomic E-state index is 6.43. The van der Waals surface area contributed by atoms with E-state index in [4.69, 9.17) is 23.2 Å². The van der Waals surface area contributed by atoms with Gasteiger partial charge in [-0.1, -0.05) is 30.9 Å². The number of aryl methyl sites for hydroxylation is 2. The number of alkyl halides is 1. The summed E-state index contributed by atoms with van der Waals surface area (Å²) in [6.07, 6.45) is 6.62. The molecule has 1 aromatic rings. The van der Waals surface area contributed by atoms with Gasteiger partial charge >= 0.3 is 0 Å². The minimum atomic E-state index is 0.652. The second-order valence-corrected chi connectivity index (χ2v) is 6.37. The average molecular weight is 318 g/mol. The Morgan fingerprint density at radius 1 is 1.30 bits per heavy atom. The smallest absolute Gasteiger partial charge is 0.0860 e. The summed E-state index contributed by atoms with van der Waals surface area (Å²) in [5, 5.41) is 5.33. The van der Waals surface area contributed by atoms with Gasteiger partial charge in [-0.05, 0) is 26.7 Å². The molecule has 1 aliphatic rings. The zero-order chi connectivity index (χ0) is 14.5. The molecule has 0 saturated heterocycles. The molecule has 0 bridgehead atoms. The molecule has 0 aliphatic heterocycles. The van der Waals surface area contributed by atoms with Crippen LogP contribution in [0.25, 0.3) is 0 Å². The predicted octanol–water partition coefficient (Wildman–Crippen LogP) is 4.24. The van der Waals surface area contributed by atoms with Crippen LogP contribution in [-0.2, 0) is 13.1 Å². The zero-order valence-corrected chi connectivity index (χ0v) is 14.1. The fourth-order valence-electron chi connectivity index (χ4n) is 3.16. The summed E-state index contributed by atoms with van der Waals surface area (Å²) in [4.78, 5) is 2.50. The van der Waals surface area contributed by atoms with E-state index in [0.717, 1.165) is 36.0 Å². The maximum atomic E-state index is 6.43. The highest BCUT2D eigenvalue weighted by molar-refractivity contribution is 6.31. The van der Waals surface area contributed by atoms with E-state index in [2.05, 4.69) is 16.9 Å². The Balaban J connectivity index is 2.14. The van der Waals surface area contributed by atoms with Crippen LogP contribution in [0.4, 0.5) is 0 Å². The first-order valence-corrected chi connectivity index (χ1v) is 8.60. The molecule has 5 heteroatoms. The van der Waals surface area contributed by atoms with E-state index in [1.165, 1.54) is 32.1 Å². The first-order valence-electron chi connectivity index (χ1n) is 7.69. The predicted molar refractivity (Wildman–Crippen MR) is 85.7 cm³/mol. The van der Waals surface area contributed by atoms with Crippen LogP contribution >= 0.6 is 23.2 Å². The van der Waals surface area contributed by atoms with Crippen LogP contribution in [0.15, 0.2) is 0 Å². The summed E-state index contributed by atoms with van der Waals surface area (Å²) >= 11 is 12.4.